The van der Waals surface area contributed by atoms with Gasteiger partial charge in [0.1, 0.15) is 11.8 Å². The lowest BCUT2D eigenvalue weighted by molar-refractivity contribution is -0.384. The Balaban J connectivity index is 2.25. The average Bonchev–Trinajstić information content (AvgIpc) is 2.46. The van der Waals surface area contributed by atoms with Crippen molar-refractivity contribution in [2.75, 3.05) is 5.73 Å². The summed E-state index contributed by atoms with van der Waals surface area (Å²) in [7, 11) is 0. The summed E-state index contributed by atoms with van der Waals surface area (Å²) in [5.41, 5.74) is 7.18. The highest BCUT2D eigenvalue weighted by Crippen LogP contribution is 2.24. The van der Waals surface area contributed by atoms with E-state index in [4.69, 9.17) is 11.0 Å². The van der Waals surface area contributed by atoms with Gasteiger partial charge in [-0.3, -0.25) is 10.1 Å². The van der Waals surface area contributed by atoms with E-state index in [1.807, 2.05) is 6.07 Å². The molecule has 2 aromatic rings. The van der Waals surface area contributed by atoms with E-state index in [0.717, 1.165) is 0 Å². The molecule has 0 aromatic heterocycles. The predicted octanol–water partition coefficient (Wildman–Crippen LogP) is 3.46. The molecule has 2 N–H and O–H groups in total. The van der Waals surface area contributed by atoms with Gasteiger partial charge < -0.3 is 5.73 Å². The summed E-state index contributed by atoms with van der Waals surface area (Å²) in [5.74, 6) is 0. The number of nitrogens with two attached hydrogens (primary N) is 1. The van der Waals surface area contributed by atoms with E-state index in [2.05, 4.69) is 10.2 Å². The minimum atomic E-state index is -0.491. The van der Waals surface area contributed by atoms with Gasteiger partial charge in [-0.25, -0.2) is 0 Å². The zero-order valence-corrected chi connectivity index (χ0v) is 10.2. The number of nitrogens with zero attached hydrogens (tertiary/aromatic N) is 4. The molecule has 0 fully saturated rings. The van der Waals surface area contributed by atoms with E-state index in [0.29, 0.717) is 22.6 Å². The van der Waals surface area contributed by atoms with Gasteiger partial charge in [-0.1, -0.05) is 0 Å². The molecule has 0 saturated carbocycles. The Hall–Kier alpha value is -3.27. The van der Waals surface area contributed by atoms with E-state index in [1.165, 1.54) is 30.3 Å². The maximum Gasteiger partial charge on any atom is 0.269 e. The van der Waals surface area contributed by atoms with Gasteiger partial charge in [0, 0.05) is 17.8 Å². The van der Waals surface area contributed by atoms with Gasteiger partial charge in [0.2, 0.25) is 0 Å². The summed E-state index contributed by atoms with van der Waals surface area (Å²) < 4.78 is 0. The molecule has 0 amide bonds. The van der Waals surface area contributed by atoms with Crippen LogP contribution in [0.5, 0.6) is 0 Å². The molecule has 2 aromatic carbocycles. The third-order valence-electron chi connectivity index (χ3n) is 2.47. The topological polar surface area (TPSA) is 118 Å². The molecule has 0 aliphatic carbocycles. The molecule has 7 heteroatoms. The summed E-state index contributed by atoms with van der Waals surface area (Å²) in [4.78, 5) is 10.0. The van der Waals surface area contributed by atoms with Crippen molar-refractivity contribution in [3.8, 4) is 6.07 Å². The quantitative estimate of drug-likeness (QED) is 0.396. The van der Waals surface area contributed by atoms with Crippen LogP contribution in [-0.2, 0) is 0 Å². The number of nitro benzene ring substituents is 1. The molecule has 0 unspecified atom stereocenters. The first kappa shape index (κ1) is 13.2. The van der Waals surface area contributed by atoms with E-state index >= 15 is 0 Å². The number of benzene rings is 2. The normalized spacial score (nSPS) is 10.3. The summed E-state index contributed by atoms with van der Waals surface area (Å²) >= 11 is 0. The number of non-ortho nitro benzene ring substituents is 1. The molecule has 0 aliphatic rings. The SMILES string of the molecule is N#Cc1cc(N)ccc1N=Nc1ccc([N+](=O)[O-])cc1. The van der Waals surface area contributed by atoms with Crippen LogP contribution in [0.4, 0.5) is 22.7 Å². The Morgan fingerprint density at radius 3 is 2.45 bits per heavy atom. The molecule has 0 aliphatic heterocycles. The van der Waals surface area contributed by atoms with Crippen LogP contribution in [0.3, 0.4) is 0 Å². The van der Waals surface area contributed by atoms with Crippen molar-refractivity contribution >= 4 is 22.7 Å². The van der Waals surface area contributed by atoms with Crippen LogP contribution >= 0.6 is 0 Å². The molecule has 0 heterocycles. The van der Waals surface area contributed by atoms with Crippen molar-refractivity contribution in [3.63, 3.8) is 0 Å². The van der Waals surface area contributed by atoms with Gasteiger partial charge in [0.15, 0.2) is 0 Å². The van der Waals surface area contributed by atoms with Crippen LogP contribution in [0.2, 0.25) is 0 Å². The molecule has 0 saturated heterocycles. The number of anilines is 1. The number of azo groups is 1. The predicted molar refractivity (Wildman–Crippen MR) is 72.8 cm³/mol. The smallest absolute Gasteiger partial charge is 0.269 e. The van der Waals surface area contributed by atoms with E-state index in [1.54, 1.807) is 12.1 Å². The number of nitro groups is 1. The fraction of sp³-hybridized carbons (Fsp3) is 0. The molecule has 2 rings (SSSR count). The second kappa shape index (κ2) is 5.58. The standard InChI is InChI=1S/C13H9N5O2/c14-8-9-7-10(15)1-6-13(9)17-16-11-2-4-12(5-3-11)18(19)20/h1-7H,15H2. The van der Waals surface area contributed by atoms with Crippen LogP contribution in [0.25, 0.3) is 0 Å². The summed E-state index contributed by atoms with van der Waals surface area (Å²) in [5, 5.41) is 27.3. The van der Waals surface area contributed by atoms with Crippen molar-refractivity contribution in [1.82, 2.24) is 0 Å². The van der Waals surface area contributed by atoms with E-state index in [-0.39, 0.29) is 5.69 Å². The van der Waals surface area contributed by atoms with E-state index in [9.17, 15) is 10.1 Å². The number of rotatable bonds is 3. The van der Waals surface area contributed by atoms with Crippen molar-refractivity contribution in [1.29, 1.82) is 5.26 Å². The largest absolute Gasteiger partial charge is 0.399 e. The Labute approximate surface area is 114 Å². The second-order valence-corrected chi connectivity index (χ2v) is 3.86. The van der Waals surface area contributed by atoms with Crippen LogP contribution < -0.4 is 5.73 Å². The fourth-order valence-electron chi connectivity index (χ4n) is 1.48. The van der Waals surface area contributed by atoms with Gasteiger partial charge in [0.05, 0.1) is 16.2 Å². The first-order valence-corrected chi connectivity index (χ1v) is 5.56. The van der Waals surface area contributed by atoms with Crippen LogP contribution in [0, 0.1) is 21.4 Å². The number of nitrogen functional groups attached to an aromatic ring is 1. The zero-order valence-electron chi connectivity index (χ0n) is 10.2. The fourth-order valence-corrected chi connectivity index (χ4v) is 1.48. The van der Waals surface area contributed by atoms with Crippen LogP contribution in [0.15, 0.2) is 52.7 Å². The zero-order chi connectivity index (χ0) is 14.5. The molecule has 98 valence electrons. The molecule has 0 atom stereocenters. The number of hydrogen-bond acceptors (Lipinski definition) is 6. The van der Waals surface area contributed by atoms with Crippen LogP contribution in [0.1, 0.15) is 5.56 Å². The van der Waals surface area contributed by atoms with Crippen molar-refractivity contribution < 1.29 is 4.92 Å². The second-order valence-electron chi connectivity index (χ2n) is 3.86. The van der Waals surface area contributed by atoms with Crippen LogP contribution in [-0.4, -0.2) is 4.92 Å². The molecule has 7 nitrogen and oxygen atoms in total. The molecule has 20 heavy (non-hydrogen) atoms. The summed E-state index contributed by atoms with van der Waals surface area (Å²) in [6.45, 7) is 0. The first-order valence-electron chi connectivity index (χ1n) is 5.56. The molecule has 0 radical (unpaired) electrons. The lowest BCUT2D eigenvalue weighted by Crippen LogP contribution is -1.86. The molecular weight excluding hydrogens is 258 g/mol. The highest BCUT2D eigenvalue weighted by molar-refractivity contribution is 5.59. The third kappa shape index (κ3) is 2.94. The minimum absolute atomic E-state index is 0.0193. The molecule has 0 spiro atoms. The first-order chi connectivity index (χ1) is 9.60. The van der Waals surface area contributed by atoms with E-state index < -0.39 is 4.92 Å². The van der Waals surface area contributed by atoms with Crippen molar-refractivity contribution in [2.24, 2.45) is 10.2 Å². The van der Waals surface area contributed by atoms with Gasteiger partial charge >= 0.3 is 0 Å². The Morgan fingerprint density at radius 2 is 1.85 bits per heavy atom. The van der Waals surface area contributed by atoms with Gasteiger partial charge in [-0.15, -0.1) is 5.11 Å². The summed E-state index contributed by atoms with van der Waals surface area (Å²) in [6.07, 6.45) is 0. The monoisotopic (exact) mass is 267 g/mol. The number of hydrogen-bond donors (Lipinski definition) is 1. The Kier molecular flexibility index (Phi) is 3.67. The molecule has 0 bridgehead atoms. The van der Waals surface area contributed by atoms with Crippen molar-refractivity contribution in [3.05, 3.63) is 58.1 Å². The highest BCUT2D eigenvalue weighted by Gasteiger charge is 2.04. The van der Waals surface area contributed by atoms with Gasteiger partial charge in [-0.05, 0) is 30.3 Å². The maximum atomic E-state index is 10.5. The third-order valence-corrected chi connectivity index (χ3v) is 2.47. The average molecular weight is 267 g/mol. The number of nitriles is 1. The minimum Gasteiger partial charge on any atom is -0.399 e. The van der Waals surface area contributed by atoms with Gasteiger partial charge in [0.25, 0.3) is 5.69 Å². The Bertz CT molecular complexity index is 717. The Morgan fingerprint density at radius 1 is 1.15 bits per heavy atom. The lowest BCUT2D eigenvalue weighted by Gasteiger charge is -1.98. The maximum absolute atomic E-state index is 10.5. The molecular formula is C13H9N5O2. The van der Waals surface area contributed by atoms with Crippen molar-refractivity contribution in [2.45, 2.75) is 0 Å². The summed E-state index contributed by atoms with van der Waals surface area (Å²) in [6, 6.07) is 12.3. The highest BCUT2D eigenvalue weighted by atomic mass is 16.6. The lowest BCUT2D eigenvalue weighted by atomic mass is 10.2. The van der Waals surface area contributed by atoms with Gasteiger partial charge in [-0.2, -0.15) is 10.4 Å².